The van der Waals surface area contributed by atoms with Crippen molar-refractivity contribution in [3.8, 4) is 11.9 Å². The van der Waals surface area contributed by atoms with Gasteiger partial charge >= 0.3 is 0 Å². The van der Waals surface area contributed by atoms with Crippen LogP contribution in [0.2, 0.25) is 0 Å². The molecule has 1 aliphatic carbocycles. The number of nitrogens with zero attached hydrogens (tertiary/aromatic N) is 2. The minimum Gasteiger partial charge on any atom is -0.474 e. The van der Waals surface area contributed by atoms with Gasteiger partial charge in [0.15, 0.2) is 0 Å². The summed E-state index contributed by atoms with van der Waals surface area (Å²) in [6, 6.07) is 5.57. The predicted octanol–water partition coefficient (Wildman–Crippen LogP) is 2.91. The Morgan fingerprint density at radius 3 is 2.94 bits per heavy atom. The second-order valence-corrected chi connectivity index (χ2v) is 4.51. The summed E-state index contributed by atoms with van der Waals surface area (Å²) in [6.45, 7) is 2.27. The monoisotopic (exact) mass is 216 g/mol. The molecule has 0 saturated heterocycles. The van der Waals surface area contributed by atoms with E-state index in [4.69, 9.17) is 10.00 Å². The summed E-state index contributed by atoms with van der Waals surface area (Å²) in [5.74, 6) is 1.38. The number of hydrogen-bond donors (Lipinski definition) is 0. The van der Waals surface area contributed by atoms with E-state index in [0.29, 0.717) is 17.5 Å². The van der Waals surface area contributed by atoms with E-state index in [2.05, 4.69) is 11.9 Å². The van der Waals surface area contributed by atoms with Crippen molar-refractivity contribution < 1.29 is 4.74 Å². The topological polar surface area (TPSA) is 45.9 Å². The molecular weight excluding hydrogens is 200 g/mol. The van der Waals surface area contributed by atoms with Crippen LogP contribution in [-0.4, -0.2) is 11.1 Å². The lowest BCUT2D eigenvalue weighted by Gasteiger charge is -2.26. The summed E-state index contributed by atoms with van der Waals surface area (Å²) < 4.78 is 5.80. The van der Waals surface area contributed by atoms with Gasteiger partial charge in [0.05, 0.1) is 5.56 Å². The number of ether oxygens (including phenoxy) is 1. The van der Waals surface area contributed by atoms with E-state index in [-0.39, 0.29) is 0 Å². The van der Waals surface area contributed by atoms with Crippen molar-refractivity contribution in [2.45, 2.75) is 38.7 Å². The van der Waals surface area contributed by atoms with Gasteiger partial charge in [-0.2, -0.15) is 5.26 Å². The molecule has 1 aliphatic rings. The highest BCUT2D eigenvalue weighted by molar-refractivity contribution is 5.28. The average Bonchev–Trinajstić information content (AvgIpc) is 2.30. The summed E-state index contributed by atoms with van der Waals surface area (Å²) in [5, 5.41) is 8.65. The van der Waals surface area contributed by atoms with Crippen LogP contribution in [0.4, 0.5) is 0 Å². The van der Waals surface area contributed by atoms with Gasteiger partial charge in [-0.05, 0) is 31.2 Å². The molecule has 84 valence electrons. The molecule has 3 nitrogen and oxygen atoms in total. The Balaban J connectivity index is 1.95. The minimum atomic E-state index is 0.296. The third-order valence-corrected chi connectivity index (χ3v) is 3.04. The van der Waals surface area contributed by atoms with Gasteiger partial charge in [-0.25, -0.2) is 4.98 Å². The van der Waals surface area contributed by atoms with Gasteiger partial charge in [0.2, 0.25) is 5.88 Å². The van der Waals surface area contributed by atoms with Crippen molar-refractivity contribution in [1.29, 1.82) is 5.26 Å². The Hall–Kier alpha value is -1.56. The molecule has 0 spiro atoms. The molecule has 3 heteroatoms. The Labute approximate surface area is 96.1 Å². The lowest BCUT2D eigenvalue weighted by atomic mass is 9.89. The maximum absolute atomic E-state index is 8.65. The minimum absolute atomic E-state index is 0.296. The molecule has 0 radical (unpaired) electrons. The first-order chi connectivity index (χ1) is 7.78. The highest BCUT2D eigenvalue weighted by Gasteiger charge is 2.20. The molecule has 2 atom stereocenters. The SMILES string of the molecule is CC1CCCC(Oc2ccc(C#N)cn2)C1. The fraction of sp³-hybridized carbons (Fsp3) is 0.538. The summed E-state index contributed by atoms with van der Waals surface area (Å²) in [5.41, 5.74) is 0.573. The zero-order valence-electron chi connectivity index (χ0n) is 9.52. The zero-order valence-corrected chi connectivity index (χ0v) is 9.52. The van der Waals surface area contributed by atoms with E-state index in [9.17, 15) is 0 Å². The predicted molar refractivity (Wildman–Crippen MR) is 61.0 cm³/mol. The molecule has 2 unspecified atom stereocenters. The van der Waals surface area contributed by atoms with Crippen molar-refractivity contribution in [1.82, 2.24) is 4.98 Å². The molecule has 0 N–H and O–H groups in total. The molecule has 0 aromatic carbocycles. The molecule has 1 aromatic heterocycles. The highest BCUT2D eigenvalue weighted by atomic mass is 16.5. The highest BCUT2D eigenvalue weighted by Crippen LogP contribution is 2.26. The Morgan fingerprint density at radius 2 is 2.31 bits per heavy atom. The Bertz CT molecular complexity index is 380. The molecular formula is C13H16N2O. The van der Waals surface area contributed by atoms with Crippen molar-refractivity contribution in [2.75, 3.05) is 0 Å². The van der Waals surface area contributed by atoms with Gasteiger partial charge in [0.1, 0.15) is 12.2 Å². The normalized spacial score (nSPS) is 24.8. The van der Waals surface area contributed by atoms with Crippen LogP contribution in [0.1, 0.15) is 38.2 Å². The van der Waals surface area contributed by atoms with E-state index >= 15 is 0 Å². The zero-order chi connectivity index (χ0) is 11.4. The third kappa shape index (κ3) is 2.73. The van der Waals surface area contributed by atoms with E-state index in [0.717, 1.165) is 18.8 Å². The smallest absolute Gasteiger partial charge is 0.213 e. The van der Waals surface area contributed by atoms with E-state index in [1.165, 1.54) is 12.8 Å². The summed E-state index contributed by atoms with van der Waals surface area (Å²) >= 11 is 0. The van der Waals surface area contributed by atoms with E-state index in [1.54, 1.807) is 18.3 Å². The van der Waals surface area contributed by atoms with Gasteiger partial charge in [-0.15, -0.1) is 0 Å². The largest absolute Gasteiger partial charge is 0.474 e. The average molecular weight is 216 g/mol. The van der Waals surface area contributed by atoms with Crippen LogP contribution in [0.25, 0.3) is 0 Å². The Morgan fingerprint density at radius 1 is 1.44 bits per heavy atom. The second kappa shape index (κ2) is 4.98. The van der Waals surface area contributed by atoms with Crippen LogP contribution >= 0.6 is 0 Å². The van der Waals surface area contributed by atoms with Crippen molar-refractivity contribution >= 4 is 0 Å². The summed E-state index contributed by atoms with van der Waals surface area (Å²) in [6.07, 6.45) is 6.63. The standard InChI is InChI=1S/C13H16N2O/c1-10-3-2-4-12(7-10)16-13-6-5-11(8-14)9-15-13/h5-6,9-10,12H,2-4,7H2,1H3. The van der Waals surface area contributed by atoms with Crippen LogP contribution in [0.15, 0.2) is 18.3 Å². The molecule has 1 aromatic rings. The van der Waals surface area contributed by atoms with Crippen LogP contribution in [-0.2, 0) is 0 Å². The van der Waals surface area contributed by atoms with Crippen LogP contribution in [0, 0.1) is 17.2 Å². The molecule has 0 amide bonds. The first-order valence-electron chi connectivity index (χ1n) is 5.80. The van der Waals surface area contributed by atoms with Crippen molar-refractivity contribution in [2.24, 2.45) is 5.92 Å². The molecule has 2 rings (SSSR count). The van der Waals surface area contributed by atoms with Crippen molar-refractivity contribution in [3.05, 3.63) is 23.9 Å². The second-order valence-electron chi connectivity index (χ2n) is 4.51. The molecule has 0 bridgehead atoms. The lowest BCUT2D eigenvalue weighted by molar-refractivity contribution is 0.124. The number of hydrogen-bond acceptors (Lipinski definition) is 3. The summed E-state index contributed by atoms with van der Waals surface area (Å²) in [7, 11) is 0. The number of pyridine rings is 1. The van der Waals surface area contributed by atoms with Gasteiger partial charge in [0, 0.05) is 12.3 Å². The van der Waals surface area contributed by atoms with E-state index < -0.39 is 0 Å². The lowest BCUT2D eigenvalue weighted by Crippen LogP contribution is -2.24. The quantitative estimate of drug-likeness (QED) is 0.763. The molecule has 16 heavy (non-hydrogen) atoms. The maximum atomic E-state index is 8.65. The van der Waals surface area contributed by atoms with Crippen molar-refractivity contribution in [3.63, 3.8) is 0 Å². The van der Waals surface area contributed by atoms with Gasteiger partial charge in [-0.1, -0.05) is 13.3 Å². The molecule has 1 fully saturated rings. The van der Waals surface area contributed by atoms with Gasteiger partial charge in [-0.3, -0.25) is 0 Å². The Kier molecular flexibility index (Phi) is 3.40. The fourth-order valence-corrected chi connectivity index (χ4v) is 2.17. The number of aromatic nitrogens is 1. The number of nitriles is 1. The van der Waals surface area contributed by atoms with Gasteiger partial charge < -0.3 is 4.74 Å². The number of rotatable bonds is 2. The first-order valence-corrected chi connectivity index (χ1v) is 5.80. The third-order valence-electron chi connectivity index (χ3n) is 3.04. The molecule has 1 heterocycles. The summed E-state index contributed by atoms with van der Waals surface area (Å²) in [4.78, 5) is 4.12. The van der Waals surface area contributed by atoms with Gasteiger partial charge in [0.25, 0.3) is 0 Å². The molecule has 1 saturated carbocycles. The molecule has 0 aliphatic heterocycles. The van der Waals surface area contributed by atoms with Crippen LogP contribution in [0.5, 0.6) is 5.88 Å². The fourth-order valence-electron chi connectivity index (χ4n) is 2.17. The van der Waals surface area contributed by atoms with Crippen LogP contribution in [0.3, 0.4) is 0 Å². The maximum Gasteiger partial charge on any atom is 0.213 e. The van der Waals surface area contributed by atoms with E-state index in [1.807, 2.05) is 6.07 Å². The van der Waals surface area contributed by atoms with Crippen LogP contribution < -0.4 is 4.74 Å². The first kappa shape index (κ1) is 10.9.